The molecule has 4 aromatic rings. The van der Waals surface area contributed by atoms with Gasteiger partial charge >= 0.3 is 11.9 Å². The van der Waals surface area contributed by atoms with Gasteiger partial charge in [-0.05, 0) is 69.7 Å². The SMILES string of the molecule is COC(=O)c1cc2c(cc1C)c(C(=Nc1ccc(C(=O)OC(C)(C)C)cc1)c1ccccc1)c(O)n2C(C)=O. The molecule has 39 heavy (non-hydrogen) atoms. The molecule has 0 fully saturated rings. The average Bonchev–Trinajstić information content (AvgIpc) is 3.16. The van der Waals surface area contributed by atoms with E-state index in [4.69, 9.17) is 14.5 Å². The molecule has 0 unspecified atom stereocenters. The number of carbonyl (C=O) groups excluding carboxylic acids is 3. The van der Waals surface area contributed by atoms with Crippen LogP contribution in [0.25, 0.3) is 10.9 Å². The second kappa shape index (κ2) is 10.6. The van der Waals surface area contributed by atoms with Gasteiger partial charge in [-0.1, -0.05) is 30.3 Å². The number of ether oxygens (including phenoxy) is 2. The van der Waals surface area contributed by atoms with Crippen molar-refractivity contribution in [3.05, 3.63) is 94.5 Å². The Morgan fingerprint density at radius 1 is 0.897 bits per heavy atom. The van der Waals surface area contributed by atoms with Crippen molar-refractivity contribution in [2.45, 2.75) is 40.2 Å². The molecule has 1 N–H and O–H groups in total. The molecule has 1 aromatic heterocycles. The van der Waals surface area contributed by atoms with Gasteiger partial charge in [-0.15, -0.1) is 0 Å². The summed E-state index contributed by atoms with van der Waals surface area (Å²) in [7, 11) is 1.28. The van der Waals surface area contributed by atoms with E-state index in [9.17, 15) is 19.5 Å². The number of nitrogens with zero attached hydrogens (tertiary/aromatic N) is 2. The highest BCUT2D eigenvalue weighted by Crippen LogP contribution is 2.36. The molecule has 3 aromatic carbocycles. The number of methoxy groups -OCH3 is 1. The fourth-order valence-electron chi connectivity index (χ4n) is 4.31. The molecule has 0 aliphatic carbocycles. The molecule has 0 spiro atoms. The fraction of sp³-hybridized carbons (Fsp3) is 0.226. The Labute approximate surface area is 226 Å². The first-order chi connectivity index (χ1) is 18.4. The summed E-state index contributed by atoms with van der Waals surface area (Å²) in [6.07, 6.45) is 0. The van der Waals surface area contributed by atoms with Crippen LogP contribution in [0, 0.1) is 6.92 Å². The van der Waals surface area contributed by atoms with Crippen molar-refractivity contribution < 1.29 is 29.0 Å². The number of aliphatic imine (C=N–C) groups is 1. The molecule has 0 radical (unpaired) electrons. The van der Waals surface area contributed by atoms with Crippen LogP contribution in [0.5, 0.6) is 5.88 Å². The van der Waals surface area contributed by atoms with E-state index in [0.29, 0.717) is 44.6 Å². The van der Waals surface area contributed by atoms with Crippen molar-refractivity contribution in [3.63, 3.8) is 0 Å². The van der Waals surface area contributed by atoms with Crippen LogP contribution in [0.2, 0.25) is 0 Å². The third-order valence-electron chi connectivity index (χ3n) is 6.04. The van der Waals surface area contributed by atoms with Gasteiger partial charge < -0.3 is 14.6 Å². The highest BCUT2D eigenvalue weighted by molar-refractivity contribution is 6.23. The largest absolute Gasteiger partial charge is 0.494 e. The number of esters is 2. The maximum Gasteiger partial charge on any atom is 0.338 e. The molecule has 8 heteroatoms. The molecule has 0 aliphatic heterocycles. The summed E-state index contributed by atoms with van der Waals surface area (Å²) in [5, 5.41) is 11.9. The first kappa shape index (κ1) is 27.3. The molecule has 1 heterocycles. The number of rotatable bonds is 5. The van der Waals surface area contributed by atoms with Gasteiger partial charge in [0.2, 0.25) is 11.8 Å². The van der Waals surface area contributed by atoms with Crippen molar-refractivity contribution in [1.82, 2.24) is 4.57 Å². The van der Waals surface area contributed by atoms with Crippen LogP contribution in [0.15, 0.2) is 71.7 Å². The minimum Gasteiger partial charge on any atom is -0.494 e. The maximum absolute atomic E-state index is 12.6. The Morgan fingerprint density at radius 3 is 2.10 bits per heavy atom. The smallest absolute Gasteiger partial charge is 0.338 e. The van der Waals surface area contributed by atoms with Gasteiger partial charge in [0.1, 0.15) is 5.60 Å². The normalized spacial score (nSPS) is 11.9. The van der Waals surface area contributed by atoms with Gasteiger partial charge in [-0.3, -0.25) is 9.36 Å². The Morgan fingerprint density at radius 2 is 1.54 bits per heavy atom. The van der Waals surface area contributed by atoms with E-state index in [-0.39, 0.29) is 11.4 Å². The number of benzene rings is 3. The van der Waals surface area contributed by atoms with Gasteiger partial charge in [-0.2, -0.15) is 0 Å². The number of aromatic nitrogens is 1. The van der Waals surface area contributed by atoms with E-state index in [1.165, 1.54) is 14.0 Å². The van der Waals surface area contributed by atoms with Crippen LogP contribution in [0.4, 0.5) is 5.69 Å². The molecule has 8 nitrogen and oxygen atoms in total. The van der Waals surface area contributed by atoms with Crippen LogP contribution < -0.4 is 0 Å². The second-order valence-corrected chi connectivity index (χ2v) is 10.1. The monoisotopic (exact) mass is 526 g/mol. The number of aryl methyl sites for hydroxylation is 1. The molecule has 0 amide bonds. The van der Waals surface area contributed by atoms with Crippen LogP contribution in [-0.4, -0.2) is 45.9 Å². The Hall–Kier alpha value is -4.72. The topological polar surface area (TPSA) is 107 Å². The minimum atomic E-state index is -0.622. The van der Waals surface area contributed by atoms with Crippen LogP contribution >= 0.6 is 0 Å². The molecule has 0 bridgehead atoms. The van der Waals surface area contributed by atoms with Crippen molar-refractivity contribution in [1.29, 1.82) is 0 Å². The van der Waals surface area contributed by atoms with Crippen molar-refractivity contribution in [2.24, 2.45) is 4.99 Å². The zero-order chi connectivity index (χ0) is 28.5. The van der Waals surface area contributed by atoms with Crippen LogP contribution in [0.1, 0.15) is 69.9 Å². The van der Waals surface area contributed by atoms with Crippen LogP contribution in [-0.2, 0) is 9.47 Å². The van der Waals surface area contributed by atoms with E-state index in [0.717, 1.165) is 4.57 Å². The van der Waals surface area contributed by atoms with Gasteiger partial charge in [-0.25, -0.2) is 14.6 Å². The summed E-state index contributed by atoms with van der Waals surface area (Å²) < 4.78 is 11.5. The molecular formula is C31H30N2O6. The first-order valence-electron chi connectivity index (χ1n) is 12.4. The number of fused-ring (bicyclic) bond motifs is 1. The predicted octanol–water partition coefficient (Wildman–Crippen LogP) is 6.23. The van der Waals surface area contributed by atoms with E-state index in [2.05, 4.69) is 0 Å². The third kappa shape index (κ3) is 5.60. The highest BCUT2D eigenvalue weighted by atomic mass is 16.6. The molecule has 4 rings (SSSR count). The lowest BCUT2D eigenvalue weighted by Crippen LogP contribution is -2.23. The predicted molar refractivity (Wildman–Crippen MR) is 149 cm³/mol. The summed E-state index contributed by atoms with van der Waals surface area (Å²) in [6, 6.07) is 19.1. The van der Waals surface area contributed by atoms with Crippen molar-refractivity contribution in [3.8, 4) is 5.88 Å². The summed E-state index contributed by atoms with van der Waals surface area (Å²) in [6.45, 7) is 8.49. The van der Waals surface area contributed by atoms with Crippen LogP contribution in [0.3, 0.4) is 0 Å². The van der Waals surface area contributed by atoms with Crippen molar-refractivity contribution in [2.75, 3.05) is 7.11 Å². The number of carbonyl (C=O) groups is 3. The Bertz CT molecular complexity index is 1610. The maximum atomic E-state index is 12.6. The van der Waals surface area contributed by atoms with E-state index in [1.807, 2.05) is 30.3 Å². The molecule has 0 aliphatic rings. The van der Waals surface area contributed by atoms with Crippen molar-refractivity contribution >= 4 is 40.1 Å². The average molecular weight is 527 g/mol. The lowest BCUT2D eigenvalue weighted by molar-refractivity contribution is 0.00692. The summed E-state index contributed by atoms with van der Waals surface area (Å²) >= 11 is 0. The number of aromatic hydroxyl groups is 1. The number of hydrogen-bond acceptors (Lipinski definition) is 7. The summed E-state index contributed by atoms with van der Waals surface area (Å²) in [4.78, 5) is 42.3. The van der Waals surface area contributed by atoms with Gasteiger partial charge in [0, 0.05) is 17.9 Å². The third-order valence-corrected chi connectivity index (χ3v) is 6.04. The minimum absolute atomic E-state index is 0.285. The molecule has 200 valence electrons. The number of hydrogen-bond donors (Lipinski definition) is 1. The first-order valence-corrected chi connectivity index (χ1v) is 12.4. The van der Waals surface area contributed by atoms with E-state index >= 15 is 0 Å². The summed E-state index contributed by atoms with van der Waals surface area (Å²) in [5.74, 6) is -1.72. The zero-order valence-electron chi connectivity index (χ0n) is 22.7. The van der Waals surface area contributed by atoms with Gasteiger partial charge in [0.25, 0.3) is 0 Å². The molecule has 0 atom stereocenters. The lowest BCUT2D eigenvalue weighted by atomic mass is 9.98. The molecule has 0 saturated heterocycles. The summed E-state index contributed by atoms with van der Waals surface area (Å²) in [5.41, 5.74) is 2.97. The van der Waals surface area contributed by atoms with Gasteiger partial charge in [0.15, 0.2) is 0 Å². The quantitative estimate of drug-likeness (QED) is 0.244. The molecule has 0 saturated carbocycles. The highest BCUT2D eigenvalue weighted by Gasteiger charge is 2.26. The van der Waals surface area contributed by atoms with E-state index in [1.54, 1.807) is 64.1 Å². The second-order valence-electron chi connectivity index (χ2n) is 10.1. The lowest BCUT2D eigenvalue weighted by Gasteiger charge is -2.19. The zero-order valence-corrected chi connectivity index (χ0v) is 22.7. The standard InChI is InChI=1S/C31H30N2O6/c1-18-16-24-25(17-23(18)30(37)38-6)33(19(2)34)28(35)26(24)27(20-10-8-7-9-11-20)32-22-14-12-21(13-15-22)29(36)39-31(3,4)5/h7-17,35H,1-6H3. The Kier molecular flexibility index (Phi) is 7.40. The molecular weight excluding hydrogens is 496 g/mol. The van der Waals surface area contributed by atoms with Gasteiger partial charge in [0.05, 0.1) is 40.7 Å². The van der Waals surface area contributed by atoms with E-state index < -0.39 is 23.4 Å². The Balaban J connectivity index is 1.94. The fourth-order valence-corrected chi connectivity index (χ4v) is 4.31.